The Balaban J connectivity index is 2.97. The van der Waals surface area contributed by atoms with Crippen LogP contribution in [-0.4, -0.2) is 5.12 Å². The van der Waals surface area contributed by atoms with E-state index in [9.17, 15) is 4.79 Å². The van der Waals surface area contributed by atoms with Gasteiger partial charge in [-0.2, -0.15) is 0 Å². The van der Waals surface area contributed by atoms with Gasteiger partial charge in [0.15, 0.2) is 0 Å². The summed E-state index contributed by atoms with van der Waals surface area (Å²) in [5.41, 5.74) is 0. The molecule has 0 atom stereocenters. The number of hydrogen-bond donors (Lipinski definition) is 0. The quantitative estimate of drug-likeness (QED) is 0.200. The van der Waals surface area contributed by atoms with Crippen molar-refractivity contribution in [2.24, 2.45) is 0 Å². The lowest BCUT2D eigenvalue weighted by molar-refractivity contribution is -0.110. The van der Waals surface area contributed by atoms with Crippen LogP contribution in [0.2, 0.25) is 0 Å². The molecule has 0 aromatic heterocycles. The number of carbonyl (C=O) groups excluding carboxylic acids is 1. The van der Waals surface area contributed by atoms with Crippen LogP contribution in [0.1, 0.15) is 135 Å². The maximum absolute atomic E-state index is 10.6. The van der Waals surface area contributed by atoms with E-state index in [0.29, 0.717) is 6.42 Å². The molecule has 0 bridgehead atoms. The lowest BCUT2D eigenvalue weighted by atomic mass is 10.0. The zero-order chi connectivity index (χ0) is 17.7. The zero-order valence-corrected chi connectivity index (χ0v) is 17.3. The molecular weight excluding hydrogens is 312 g/mol. The molecule has 0 rings (SSSR count). The molecule has 24 heavy (non-hydrogen) atoms. The van der Waals surface area contributed by atoms with Gasteiger partial charge in [-0.15, -0.1) is 0 Å². The van der Waals surface area contributed by atoms with E-state index in [1.807, 2.05) is 0 Å². The fourth-order valence-corrected chi connectivity index (χ4v) is 3.49. The molecule has 0 unspecified atom stereocenters. The van der Waals surface area contributed by atoms with Crippen LogP contribution in [0.5, 0.6) is 0 Å². The molecule has 0 spiro atoms. The highest BCUT2D eigenvalue weighted by molar-refractivity contribution is 7.96. The first-order valence-corrected chi connectivity index (χ1v) is 11.4. The first-order valence-electron chi connectivity index (χ1n) is 11.0. The maximum Gasteiger partial charge on any atom is 0.218 e. The molecule has 0 amide bonds. The molecule has 0 heterocycles. The Hall–Kier alpha value is -0.110. The summed E-state index contributed by atoms with van der Waals surface area (Å²) in [6, 6.07) is 0. The van der Waals surface area contributed by atoms with E-state index in [2.05, 4.69) is 19.6 Å². The zero-order valence-electron chi connectivity index (χ0n) is 16.5. The van der Waals surface area contributed by atoms with E-state index in [1.165, 1.54) is 116 Å². The summed E-state index contributed by atoms with van der Waals surface area (Å²) in [5, 5.41) is -0.0676. The monoisotopic (exact) mass is 355 g/mol. The molecule has 0 N–H and O–H groups in total. The van der Waals surface area contributed by atoms with Crippen LogP contribution in [0, 0.1) is 0 Å². The van der Waals surface area contributed by atoms with Crippen molar-refractivity contribution in [2.75, 3.05) is 0 Å². The van der Waals surface area contributed by atoms with Crippen LogP contribution >= 0.6 is 12.6 Å². The number of hydrogen-bond acceptors (Lipinski definition) is 1. The van der Waals surface area contributed by atoms with E-state index >= 15 is 0 Å². The van der Waals surface area contributed by atoms with Gasteiger partial charge in [0, 0.05) is 6.42 Å². The standard InChI is InChI=1S/C22H43OS/c1-2-3-4-5-6-7-8-9-10-11-12-13-14-15-16-17-18-19-20-21-22(23)24/h2-21H2,1H3. The maximum atomic E-state index is 10.6. The van der Waals surface area contributed by atoms with Gasteiger partial charge in [0.05, 0.1) is 0 Å². The summed E-state index contributed by atoms with van der Waals surface area (Å²) >= 11 is 4.56. The van der Waals surface area contributed by atoms with Crippen molar-refractivity contribution in [3.8, 4) is 0 Å². The normalized spacial score (nSPS) is 11.0. The van der Waals surface area contributed by atoms with Crippen molar-refractivity contribution in [3.05, 3.63) is 0 Å². The molecule has 0 aliphatic carbocycles. The summed E-state index contributed by atoms with van der Waals surface area (Å²) < 4.78 is 0. The molecule has 1 radical (unpaired) electrons. The van der Waals surface area contributed by atoms with E-state index in [4.69, 9.17) is 0 Å². The Morgan fingerprint density at radius 2 is 0.750 bits per heavy atom. The van der Waals surface area contributed by atoms with Crippen LogP contribution in [-0.2, 0) is 4.79 Å². The van der Waals surface area contributed by atoms with E-state index in [-0.39, 0.29) is 5.12 Å². The largest absolute Gasteiger partial charge is 0.282 e. The fourth-order valence-electron chi connectivity index (χ4n) is 3.35. The van der Waals surface area contributed by atoms with Crippen molar-refractivity contribution in [1.29, 1.82) is 0 Å². The second kappa shape index (κ2) is 20.9. The van der Waals surface area contributed by atoms with Gasteiger partial charge >= 0.3 is 0 Å². The van der Waals surface area contributed by atoms with Crippen molar-refractivity contribution in [2.45, 2.75) is 135 Å². The Morgan fingerprint density at radius 1 is 0.500 bits per heavy atom. The Bertz CT molecular complexity index is 252. The van der Waals surface area contributed by atoms with Crippen molar-refractivity contribution >= 4 is 17.7 Å². The second-order valence-electron chi connectivity index (χ2n) is 7.49. The molecule has 2 heteroatoms. The minimum absolute atomic E-state index is 0.0676. The van der Waals surface area contributed by atoms with Gasteiger partial charge in [-0.25, -0.2) is 0 Å². The predicted molar refractivity (Wildman–Crippen MR) is 111 cm³/mol. The molecular formula is C22H43OS. The smallest absolute Gasteiger partial charge is 0.218 e. The fraction of sp³-hybridized carbons (Fsp3) is 0.955. The van der Waals surface area contributed by atoms with E-state index < -0.39 is 0 Å². The van der Waals surface area contributed by atoms with Crippen molar-refractivity contribution in [1.82, 2.24) is 0 Å². The molecule has 0 aromatic rings. The number of carbonyl (C=O) groups is 1. The summed E-state index contributed by atoms with van der Waals surface area (Å²) in [5.74, 6) is 0. The molecule has 0 aliphatic heterocycles. The number of unbranched alkanes of at least 4 members (excludes halogenated alkanes) is 18. The highest BCUT2D eigenvalue weighted by atomic mass is 32.1. The van der Waals surface area contributed by atoms with Gasteiger partial charge in [0.25, 0.3) is 0 Å². The minimum Gasteiger partial charge on any atom is -0.282 e. The Labute approximate surface area is 158 Å². The summed E-state index contributed by atoms with van der Waals surface area (Å²) in [6.45, 7) is 2.29. The van der Waals surface area contributed by atoms with Gasteiger partial charge in [-0.1, -0.05) is 122 Å². The summed E-state index contributed by atoms with van der Waals surface area (Å²) in [6.07, 6.45) is 26.9. The van der Waals surface area contributed by atoms with Crippen LogP contribution in [0.25, 0.3) is 0 Å². The Kier molecular flexibility index (Phi) is 20.8. The van der Waals surface area contributed by atoms with E-state index in [0.717, 1.165) is 6.42 Å². The number of rotatable bonds is 20. The van der Waals surface area contributed by atoms with Gasteiger partial charge in [0.1, 0.15) is 0 Å². The van der Waals surface area contributed by atoms with E-state index in [1.54, 1.807) is 0 Å². The minimum atomic E-state index is -0.0676. The van der Waals surface area contributed by atoms with Crippen molar-refractivity contribution in [3.63, 3.8) is 0 Å². The average Bonchev–Trinajstić information content (AvgIpc) is 2.56. The predicted octanol–water partition coefficient (Wildman–Crippen LogP) is 8.53. The third kappa shape index (κ3) is 21.9. The van der Waals surface area contributed by atoms with Gasteiger partial charge < -0.3 is 0 Å². The van der Waals surface area contributed by atoms with Gasteiger partial charge in [-0.05, 0) is 19.0 Å². The summed E-state index contributed by atoms with van der Waals surface area (Å²) in [4.78, 5) is 10.6. The highest BCUT2D eigenvalue weighted by Gasteiger charge is 1.97. The molecule has 0 aromatic carbocycles. The molecule has 1 nitrogen and oxygen atoms in total. The third-order valence-electron chi connectivity index (χ3n) is 4.98. The van der Waals surface area contributed by atoms with Crippen molar-refractivity contribution < 1.29 is 4.79 Å². The Morgan fingerprint density at radius 3 is 1.00 bits per heavy atom. The van der Waals surface area contributed by atoms with Crippen LogP contribution in [0.15, 0.2) is 0 Å². The third-order valence-corrected chi connectivity index (χ3v) is 5.19. The van der Waals surface area contributed by atoms with Gasteiger partial charge in [-0.3, -0.25) is 4.79 Å². The van der Waals surface area contributed by atoms with Crippen LogP contribution < -0.4 is 0 Å². The highest BCUT2D eigenvalue weighted by Crippen LogP contribution is 2.14. The lowest BCUT2D eigenvalue weighted by Crippen LogP contribution is -1.87. The first-order chi connectivity index (χ1) is 11.8. The molecule has 0 fully saturated rings. The molecule has 0 aliphatic rings. The second-order valence-corrected chi connectivity index (χ2v) is 7.94. The topological polar surface area (TPSA) is 17.1 Å². The van der Waals surface area contributed by atoms with Gasteiger partial charge in [0.2, 0.25) is 5.12 Å². The first kappa shape index (κ1) is 23.9. The SMILES string of the molecule is CCCCCCCCCCCCCCCCCCCCCC(=O)[S]. The summed E-state index contributed by atoms with van der Waals surface area (Å²) in [7, 11) is 0. The van der Waals surface area contributed by atoms with Crippen LogP contribution in [0.4, 0.5) is 0 Å². The van der Waals surface area contributed by atoms with Crippen LogP contribution in [0.3, 0.4) is 0 Å². The molecule has 143 valence electrons. The molecule has 0 saturated carbocycles. The molecule has 0 saturated heterocycles. The lowest BCUT2D eigenvalue weighted by Gasteiger charge is -2.03. The average molecular weight is 356 g/mol.